The summed E-state index contributed by atoms with van der Waals surface area (Å²) < 4.78 is 6.89. The van der Waals surface area contributed by atoms with Crippen molar-refractivity contribution < 1.29 is 4.42 Å². The summed E-state index contributed by atoms with van der Waals surface area (Å²) in [5.41, 5.74) is 3.74. The molecule has 0 aliphatic rings. The molecule has 0 amide bonds. The highest BCUT2D eigenvalue weighted by Crippen LogP contribution is 2.29. The molecular weight excluding hydrogens is 290 g/mol. The second-order valence-corrected chi connectivity index (χ2v) is 5.48. The smallest absolute Gasteiger partial charge is 0.125 e. The van der Waals surface area contributed by atoms with Crippen LogP contribution in [0.25, 0.3) is 0 Å². The molecule has 1 N–H and O–H groups in total. The first kappa shape index (κ1) is 13.4. The molecule has 0 saturated heterocycles. The summed E-state index contributed by atoms with van der Waals surface area (Å²) in [5, 5.41) is 3.33. The molecule has 18 heavy (non-hydrogen) atoms. The third kappa shape index (κ3) is 2.52. The molecule has 1 aromatic heterocycles. The Morgan fingerprint density at radius 3 is 2.39 bits per heavy atom. The Bertz CT molecular complexity index is 560. The molecule has 0 bridgehead atoms. The third-order valence-electron chi connectivity index (χ3n) is 3.19. The van der Waals surface area contributed by atoms with Gasteiger partial charge in [0, 0.05) is 4.47 Å². The predicted octanol–water partition coefficient (Wildman–Crippen LogP) is 4.28. The van der Waals surface area contributed by atoms with Gasteiger partial charge in [-0.3, -0.25) is 0 Å². The first-order valence-electron chi connectivity index (χ1n) is 6.03. The molecule has 2 aromatic rings. The Morgan fingerprint density at radius 1 is 1.11 bits per heavy atom. The molecule has 1 heterocycles. The minimum absolute atomic E-state index is 0.102. The number of aryl methyl sites for hydroxylation is 3. The van der Waals surface area contributed by atoms with E-state index in [2.05, 4.69) is 47.2 Å². The Balaban J connectivity index is 2.48. The average molecular weight is 308 g/mol. The van der Waals surface area contributed by atoms with E-state index in [4.69, 9.17) is 4.42 Å². The van der Waals surface area contributed by atoms with Crippen LogP contribution in [0.1, 0.15) is 34.3 Å². The van der Waals surface area contributed by atoms with Crippen molar-refractivity contribution in [3.05, 3.63) is 56.9 Å². The Hall–Kier alpha value is -1.06. The molecule has 1 aromatic carbocycles. The highest BCUT2D eigenvalue weighted by molar-refractivity contribution is 9.10. The Labute approximate surface area is 117 Å². The topological polar surface area (TPSA) is 25.2 Å². The monoisotopic (exact) mass is 307 g/mol. The highest BCUT2D eigenvalue weighted by Gasteiger charge is 2.18. The number of furan rings is 1. The van der Waals surface area contributed by atoms with Crippen molar-refractivity contribution in [1.29, 1.82) is 0 Å². The van der Waals surface area contributed by atoms with E-state index >= 15 is 0 Å². The molecule has 0 fully saturated rings. The Morgan fingerprint density at radius 2 is 1.83 bits per heavy atom. The minimum Gasteiger partial charge on any atom is -0.464 e. The van der Waals surface area contributed by atoms with Crippen LogP contribution in [0, 0.1) is 20.8 Å². The molecule has 0 radical (unpaired) electrons. The molecule has 2 nitrogen and oxygen atoms in total. The van der Waals surface area contributed by atoms with Gasteiger partial charge >= 0.3 is 0 Å². The lowest BCUT2D eigenvalue weighted by Gasteiger charge is -2.18. The quantitative estimate of drug-likeness (QED) is 0.915. The summed E-state index contributed by atoms with van der Waals surface area (Å²) in [5.74, 6) is 1.90. The lowest BCUT2D eigenvalue weighted by Crippen LogP contribution is -2.18. The van der Waals surface area contributed by atoms with E-state index in [1.807, 2.05) is 26.1 Å². The van der Waals surface area contributed by atoms with Gasteiger partial charge in [-0.1, -0.05) is 22.0 Å². The van der Waals surface area contributed by atoms with Crippen LogP contribution in [0.5, 0.6) is 0 Å². The van der Waals surface area contributed by atoms with Crippen molar-refractivity contribution in [3.63, 3.8) is 0 Å². The van der Waals surface area contributed by atoms with Crippen LogP contribution < -0.4 is 5.32 Å². The first-order valence-corrected chi connectivity index (χ1v) is 6.82. The van der Waals surface area contributed by atoms with Crippen LogP contribution in [0.15, 0.2) is 33.2 Å². The maximum Gasteiger partial charge on any atom is 0.125 e. The summed E-state index contributed by atoms with van der Waals surface area (Å²) >= 11 is 3.57. The largest absolute Gasteiger partial charge is 0.464 e. The van der Waals surface area contributed by atoms with Crippen LogP contribution in [0.4, 0.5) is 0 Å². The SMILES string of the molecule is CNC(c1ccc(C)o1)c1cc(C)c(Br)cc1C. The van der Waals surface area contributed by atoms with Crippen molar-refractivity contribution >= 4 is 15.9 Å². The van der Waals surface area contributed by atoms with Gasteiger partial charge in [0.1, 0.15) is 11.5 Å². The van der Waals surface area contributed by atoms with Crippen molar-refractivity contribution in [3.8, 4) is 0 Å². The van der Waals surface area contributed by atoms with Crippen LogP contribution in [-0.4, -0.2) is 7.05 Å². The zero-order valence-electron chi connectivity index (χ0n) is 11.2. The van der Waals surface area contributed by atoms with Gasteiger partial charge in [0.05, 0.1) is 6.04 Å². The first-order chi connectivity index (χ1) is 8.52. The second-order valence-electron chi connectivity index (χ2n) is 4.63. The fraction of sp³-hybridized carbons (Fsp3) is 0.333. The molecule has 2 rings (SSSR count). The molecule has 96 valence electrons. The van der Waals surface area contributed by atoms with Gasteiger partial charge in [0.2, 0.25) is 0 Å². The summed E-state index contributed by atoms with van der Waals surface area (Å²) in [6.07, 6.45) is 0. The van der Waals surface area contributed by atoms with Crippen LogP contribution in [0.3, 0.4) is 0 Å². The summed E-state index contributed by atoms with van der Waals surface area (Å²) in [7, 11) is 1.96. The van der Waals surface area contributed by atoms with E-state index in [0.717, 1.165) is 16.0 Å². The van der Waals surface area contributed by atoms with Gasteiger partial charge in [-0.05, 0) is 62.7 Å². The van der Waals surface area contributed by atoms with Crippen molar-refractivity contribution in [2.24, 2.45) is 0 Å². The lowest BCUT2D eigenvalue weighted by atomic mass is 9.97. The minimum atomic E-state index is 0.102. The van der Waals surface area contributed by atoms with Crippen LogP contribution in [-0.2, 0) is 0 Å². The van der Waals surface area contributed by atoms with Gasteiger partial charge in [-0.2, -0.15) is 0 Å². The van der Waals surface area contributed by atoms with E-state index in [1.54, 1.807) is 0 Å². The molecule has 0 aliphatic heterocycles. The zero-order valence-corrected chi connectivity index (χ0v) is 12.8. The summed E-state index contributed by atoms with van der Waals surface area (Å²) in [6.45, 7) is 6.20. The molecular formula is C15H18BrNO. The van der Waals surface area contributed by atoms with Gasteiger partial charge in [-0.25, -0.2) is 0 Å². The number of hydrogen-bond acceptors (Lipinski definition) is 2. The van der Waals surface area contributed by atoms with Gasteiger partial charge < -0.3 is 9.73 Å². The predicted molar refractivity (Wildman–Crippen MR) is 78.0 cm³/mol. The fourth-order valence-corrected chi connectivity index (χ4v) is 2.63. The highest BCUT2D eigenvalue weighted by atomic mass is 79.9. The van der Waals surface area contributed by atoms with Gasteiger partial charge in [0.25, 0.3) is 0 Å². The van der Waals surface area contributed by atoms with Gasteiger partial charge in [-0.15, -0.1) is 0 Å². The van der Waals surface area contributed by atoms with Crippen molar-refractivity contribution in [1.82, 2.24) is 5.32 Å². The number of halogens is 1. The zero-order chi connectivity index (χ0) is 13.3. The van der Waals surface area contributed by atoms with Crippen molar-refractivity contribution in [2.45, 2.75) is 26.8 Å². The normalized spacial score (nSPS) is 12.7. The van der Waals surface area contributed by atoms with Crippen LogP contribution in [0.2, 0.25) is 0 Å². The number of benzene rings is 1. The van der Waals surface area contributed by atoms with E-state index in [-0.39, 0.29) is 6.04 Å². The second kappa shape index (κ2) is 5.29. The van der Waals surface area contributed by atoms with Crippen LogP contribution >= 0.6 is 15.9 Å². The fourth-order valence-electron chi connectivity index (χ4n) is 2.17. The van der Waals surface area contributed by atoms with E-state index in [0.29, 0.717) is 0 Å². The van der Waals surface area contributed by atoms with Gasteiger partial charge in [0.15, 0.2) is 0 Å². The molecule has 0 spiro atoms. The third-order valence-corrected chi connectivity index (χ3v) is 4.05. The van der Waals surface area contributed by atoms with Crippen molar-refractivity contribution in [2.75, 3.05) is 7.05 Å². The lowest BCUT2D eigenvalue weighted by molar-refractivity contribution is 0.443. The molecule has 0 aliphatic carbocycles. The molecule has 1 atom stereocenters. The number of nitrogens with one attached hydrogen (secondary N) is 1. The maximum absolute atomic E-state index is 5.74. The molecule has 0 saturated carbocycles. The standard InChI is InChI=1S/C15H18BrNO/c1-9-8-13(16)10(2)7-12(9)15(17-4)14-6-5-11(3)18-14/h5-8,15,17H,1-4H3. The summed E-state index contributed by atoms with van der Waals surface area (Å²) in [4.78, 5) is 0. The van der Waals surface area contributed by atoms with E-state index < -0.39 is 0 Å². The maximum atomic E-state index is 5.74. The average Bonchev–Trinajstić information content (AvgIpc) is 2.73. The number of hydrogen-bond donors (Lipinski definition) is 1. The number of rotatable bonds is 3. The molecule has 3 heteroatoms. The summed E-state index contributed by atoms with van der Waals surface area (Å²) in [6, 6.07) is 8.50. The Kier molecular flexibility index (Phi) is 3.93. The van der Waals surface area contributed by atoms with E-state index in [1.165, 1.54) is 16.7 Å². The van der Waals surface area contributed by atoms with E-state index in [9.17, 15) is 0 Å². The molecule has 1 unspecified atom stereocenters.